The largest absolute Gasteiger partial charge is 0.356 e. The van der Waals surface area contributed by atoms with Gasteiger partial charge in [0, 0.05) is 48.1 Å². The Balaban J connectivity index is 0.000000274. The summed E-state index contributed by atoms with van der Waals surface area (Å²) in [7, 11) is -4.00. The molecule has 0 saturated carbocycles. The number of fused-ring (bicyclic) bond motifs is 2. The number of benzene rings is 2. The Bertz CT molecular complexity index is 1640. The lowest BCUT2D eigenvalue weighted by Crippen LogP contribution is -2.37. The van der Waals surface area contributed by atoms with Crippen molar-refractivity contribution >= 4 is 21.1 Å². The first-order chi connectivity index (χ1) is 19.2. The van der Waals surface area contributed by atoms with Gasteiger partial charge in [0.1, 0.15) is 11.6 Å². The molecule has 2 aliphatic heterocycles. The molecular formula is C29H33FN4O5S. The van der Waals surface area contributed by atoms with E-state index >= 15 is 0 Å². The van der Waals surface area contributed by atoms with Crippen LogP contribution in [0.3, 0.4) is 0 Å². The molecule has 9 nitrogen and oxygen atoms in total. The average molecular weight is 569 g/mol. The molecule has 0 spiro atoms. The van der Waals surface area contributed by atoms with Gasteiger partial charge in [0.25, 0.3) is 15.7 Å². The van der Waals surface area contributed by atoms with Gasteiger partial charge in [-0.3, -0.25) is 13.9 Å². The van der Waals surface area contributed by atoms with Crippen molar-refractivity contribution in [3.8, 4) is 0 Å². The maximum Gasteiger partial charge on any atom is 0.294 e. The second-order valence-electron chi connectivity index (χ2n) is 10.4. The Morgan fingerprint density at radius 2 is 1.82 bits per heavy atom. The van der Waals surface area contributed by atoms with Crippen molar-refractivity contribution in [2.45, 2.75) is 62.8 Å². The Morgan fingerprint density at radius 1 is 1.07 bits per heavy atom. The van der Waals surface area contributed by atoms with Crippen molar-refractivity contribution in [3.63, 3.8) is 0 Å². The van der Waals surface area contributed by atoms with E-state index in [1.807, 2.05) is 11.5 Å². The molecule has 4 heterocycles. The first kappa shape index (κ1) is 28.1. The molecule has 0 bridgehead atoms. The van der Waals surface area contributed by atoms with Gasteiger partial charge in [0.2, 0.25) is 0 Å². The number of aryl methyl sites for hydroxylation is 2. The summed E-state index contributed by atoms with van der Waals surface area (Å²) >= 11 is 0. The van der Waals surface area contributed by atoms with Crippen LogP contribution in [0.25, 0.3) is 11.0 Å². The maximum absolute atomic E-state index is 13.4. The van der Waals surface area contributed by atoms with Crippen molar-refractivity contribution < 1.29 is 21.9 Å². The number of hydrogen-bond donors (Lipinski definition) is 1. The van der Waals surface area contributed by atoms with Gasteiger partial charge in [-0.1, -0.05) is 23.4 Å². The average Bonchev–Trinajstić information content (AvgIpc) is 3.37. The van der Waals surface area contributed by atoms with Crippen LogP contribution in [0, 0.1) is 12.7 Å². The van der Waals surface area contributed by atoms with Gasteiger partial charge in [-0.25, -0.2) is 9.37 Å². The van der Waals surface area contributed by atoms with Crippen LogP contribution in [-0.4, -0.2) is 52.2 Å². The number of rotatable bonds is 5. The van der Waals surface area contributed by atoms with Crippen molar-refractivity contribution in [3.05, 3.63) is 87.5 Å². The van der Waals surface area contributed by atoms with Crippen molar-refractivity contribution in [1.29, 1.82) is 0 Å². The molecule has 1 N–H and O–H groups in total. The molecule has 2 aromatic heterocycles. The van der Waals surface area contributed by atoms with E-state index in [2.05, 4.69) is 10.1 Å². The number of likely N-dealkylation sites (tertiary alicyclic amines) is 1. The van der Waals surface area contributed by atoms with E-state index in [-0.39, 0.29) is 16.3 Å². The predicted octanol–water partition coefficient (Wildman–Crippen LogP) is 4.52. The minimum Gasteiger partial charge on any atom is -0.356 e. The van der Waals surface area contributed by atoms with Crippen LogP contribution in [0.15, 0.2) is 62.7 Å². The SMILES string of the molecule is Cc1nc2n(c(=O)c1CCN1CCC(c3noc4cc(F)ccc34)CC1)CCCC2.O=S(=O)(O)c1ccccc1. The van der Waals surface area contributed by atoms with Gasteiger partial charge in [0.05, 0.1) is 10.6 Å². The quantitative estimate of drug-likeness (QED) is 0.349. The van der Waals surface area contributed by atoms with Crippen LogP contribution < -0.4 is 5.56 Å². The Labute approximate surface area is 232 Å². The highest BCUT2D eigenvalue weighted by Crippen LogP contribution is 2.32. The lowest BCUT2D eigenvalue weighted by atomic mass is 9.91. The van der Waals surface area contributed by atoms with Gasteiger partial charge in [0.15, 0.2) is 5.58 Å². The summed E-state index contributed by atoms with van der Waals surface area (Å²) in [6.07, 6.45) is 5.81. The standard InChI is InChI=1S/C23H27FN4O2.C6H6O3S/c1-15-18(23(29)28-10-3-2-4-21(28)25-15)9-13-27-11-7-16(8-12-27)22-19-6-5-17(24)14-20(19)30-26-22;7-10(8,9)6-4-2-1-3-5-6/h5-6,14,16H,2-4,7-13H2,1H3;1-5H,(H,7,8,9). The lowest BCUT2D eigenvalue weighted by molar-refractivity contribution is 0.211. The Kier molecular flexibility index (Phi) is 8.43. The molecule has 11 heteroatoms. The smallest absolute Gasteiger partial charge is 0.294 e. The van der Waals surface area contributed by atoms with Gasteiger partial charge < -0.3 is 9.42 Å². The van der Waals surface area contributed by atoms with Crippen LogP contribution in [0.1, 0.15) is 54.4 Å². The molecule has 0 unspecified atom stereocenters. The molecule has 0 atom stereocenters. The van der Waals surface area contributed by atoms with Crippen LogP contribution in [-0.2, 0) is 29.5 Å². The van der Waals surface area contributed by atoms with Crippen LogP contribution in [0.5, 0.6) is 0 Å². The molecule has 1 saturated heterocycles. The van der Waals surface area contributed by atoms with E-state index in [0.29, 0.717) is 11.5 Å². The van der Waals surface area contributed by atoms with Gasteiger partial charge in [-0.2, -0.15) is 8.42 Å². The van der Waals surface area contributed by atoms with Gasteiger partial charge >= 0.3 is 0 Å². The predicted molar refractivity (Wildman–Crippen MR) is 149 cm³/mol. The molecule has 212 valence electrons. The highest BCUT2D eigenvalue weighted by atomic mass is 32.2. The van der Waals surface area contributed by atoms with E-state index < -0.39 is 10.1 Å². The third kappa shape index (κ3) is 6.32. The lowest BCUT2D eigenvalue weighted by Gasteiger charge is -2.31. The summed E-state index contributed by atoms with van der Waals surface area (Å²) in [5.41, 5.74) is 3.38. The summed E-state index contributed by atoms with van der Waals surface area (Å²) in [5.74, 6) is 0.974. The molecule has 2 aromatic carbocycles. The highest BCUT2D eigenvalue weighted by molar-refractivity contribution is 7.85. The zero-order chi connectivity index (χ0) is 28.3. The van der Waals surface area contributed by atoms with Gasteiger partial charge in [-0.05, 0) is 76.4 Å². The van der Waals surface area contributed by atoms with E-state index in [9.17, 15) is 17.6 Å². The minimum absolute atomic E-state index is 0.0741. The molecule has 0 aliphatic carbocycles. The second-order valence-corrected chi connectivity index (χ2v) is 11.8. The molecular weight excluding hydrogens is 535 g/mol. The zero-order valence-corrected chi connectivity index (χ0v) is 23.2. The first-order valence-electron chi connectivity index (χ1n) is 13.6. The summed E-state index contributed by atoms with van der Waals surface area (Å²) in [6.45, 7) is 5.55. The van der Waals surface area contributed by atoms with E-state index in [0.717, 1.165) is 92.9 Å². The van der Waals surface area contributed by atoms with Crippen LogP contribution >= 0.6 is 0 Å². The fraction of sp³-hybridized carbons (Fsp3) is 0.414. The highest BCUT2D eigenvalue weighted by Gasteiger charge is 2.26. The number of nitrogens with zero attached hydrogens (tertiary/aromatic N) is 4. The summed E-state index contributed by atoms with van der Waals surface area (Å²) in [6, 6.07) is 12.0. The van der Waals surface area contributed by atoms with Crippen molar-refractivity contribution in [1.82, 2.24) is 19.6 Å². The van der Waals surface area contributed by atoms with E-state index in [1.54, 1.807) is 24.3 Å². The second kappa shape index (κ2) is 12.0. The number of halogens is 1. The number of hydrogen-bond acceptors (Lipinski definition) is 7. The van der Waals surface area contributed by atoms with Crippen LogP contribution in [0.2, 0.25) is 0 Å². The number of piperidine rings is 1. The summed E-state index contributed by atoms with van der Waals surface area (Å²) in [5, 5.41) is 5.15. The summed E-state index contributed by atoms with van der Waals surface area (Å²) in [4.78, 5) is 20.0. The topological polar surface area (TPSA) is 119 Å². The molecule has 1 fully saturated rings. The summed E-state index contributed by atoms with van der Waals surface area (Å²) < 4.78 is 49.9. The van der Waals surface area contributed by atoms with E-state index in [1.165, 1.54) is 24.3 Å². The third-order valence-electron chi connectivity index (χ3n) is 7.74. The first-order valence-corrected chi connectivity index (χ1v) is 15.0. The molecule has 0 radical (unpaired) electrons. The normalized spacial score (nSPS) is 16.4. The molecule has 0 amide bonds. The molecule has 2 aliphatic rings. The zero-order valence-electron chi connectivity index (χ0n) is 22.4. The molecule has 6 rings (SSSR count). The van der Waals surface area contributed by atoms with Gasteiger partial charge in [-0.15, -0.1) is 0 Å². The Hall–Kier alpha value is -3.41. The number of aromatic nitrogens is 3. The molecule has 40 heavy (non-hydrogen) atoms. The van der Waals surface area contributed by atoms with Crippen LogP contribution in [0.4, 0.5) is 4.39 Å². The fourth-order valence-corrected chi connectivity index (χ4v) is 6.04. The van der Waals surface area contributed by atoms with Crippen molar-refractivity contribution in [2.24, 2.45) is 0 Å². The minimum atomic E-state index is -4.00. The van der Waals surface area contributed by atoms with Crippen molar-refractivity contribution in [2.75, 3.05) is 19.6 Å². The molecule has 4 aromatic rings. The monoisotopic (exact) mass is 568 g/mol. The fourth-order valence-electron chi connectivity index (χ4n) is 5.54. The Morgan fingerprint density at radius 3 is 2.52 bits per heavy atom. The third-order valence-corrected chi connectivity index (χ3v) is 8.60. The van der Waals surface area contributed by atoms with E-state index in [4.69, 9.17) is 14.1 Å². The maximum atomic E-state index is 13.4.